The molecule has 0 aliphatic heterocycles. The molecule has 1 aliphatic rings. The van der Waals surface area contributed by atoms with Gasteiger partial charge in [0.15, 0.2) is 0 Å². The first-order valence-corrected chi connectivity index (χ1v) is 5.82. The van der Waals surface area contributed by atoms with Crippen molar-refractivity contribution in [2.75, 3.05) is 0 Å². The molecule has 0 amide bonds. The van der Waals surface area contributed by atoms with Gasteiger partial charge < -0.3 is 5.32 Å². The van der Waals surface area contributed by atoms with Crippen LogP contribution in [-0.4, -0.2) is 6.04 Å². The van der Waals surface area contributed by atoms with Crippen LogP contribution in [0.1, 0.15) is 38.3 Å². The van der Waals surface area contributed by atoms with E-state index in [4.69, 9.17) is 0 Å². The lowest BCUT2D eigenvalue weighted by Crippen LogP contribution is -2.24. The average Bonchev–Trinajstić information content (AvgIpc) is 2.92. The summed E-state index contributed by atoms with van der Waals surface area (Å²) in [6.07, 6.45) is 1.96. The van der Waals surface area contributed by atoms with Gasteiger partial charge in [0.2, 0.25) is 0 Å². The molecule has 1 fully saturated rings. The standard InChI is InChI=1S/C13H17F2N/c1-3-12(16-13-6-8(13)2)10-5-4-9(14)7-11(10)15/h4-5,7-8,12-13,16H,3,6H2,1-2H3. The first-order chi connectivity index (χ1) is 7.61. The van der Waals surface area contributed by atoms with Crippen molar-refractivity contribution in [3.8, 4) is 0 Å². The van der Waals surface area contributed by atoms with Crippen molar-refractivity contribution in [2.45, 2.75) is 38.8 Å². The normalized spacial score (nSPS) is 25.5. The molecule has 1 aromatic rings. The number of nitrogens with one attached hydrogen (secondary N) is 1. The van der Waals surface area contributed by atoms with Crippen LogP contribution < -0.4 is 5.32 Å². The van der Waals surface area contributed by atoms with Crippen LogP contribution in [0.2, 0.25) is 0 Å². The summed E-state index contributed by atoms with van der Waals surface area (Å²) in [5, 5.41) is 3.40. The van der Waals surface area contributed by atoms with Gasteiger partial charge in [-0.1, -0.05) is 19.9 Å². The van der Waals surface area contributed by atoms with Crippen LogP contribution in [0.15, 0.2) is 18.2 Å². The van der Waals surface area contributed by atoms with Crippen molar-refractivity contribution in [1.29, 1.82) is 0 Å². The molecule has 3 unspecified atom stereocenters. The molecule has 0 saturated heterocycles. The minimum absolute atomic E-state index is 0.00412. The van der Waals surface area contributed by atoms with Gasteiger partial charge in [0, 0.05) is 23.7 Å². The zero-order chi connectivity index (χ0) is 11.7. The van der Waals surface area contributed by atoms with Gasteiger partial charge >= 0.3 is 0 Å². The molecule has 0 bridgehead atoms. The average molecular weight is 225 g/mol. The molecule has 0 aromatic heterocycles. The van der Waals surface area contributed by atoms with Crippen molar-refractivity contribution in [3.05, 3.63) is 35.4 Å². The Morgan fingerprint density at radius 3 is 2.62 bits per heavy atom. The van der Waals surface area contributed by atoms with Crippen LogP contribution in [0, 0.1) is 17.6 Å². The van der Waals surface area contributed by atoms with Crippen LogP contribution in [-0.2, 0) is 0 Å². The van der Waals surface area contributed by atoms with E-state index in [2.05, 4.69) is 12.2 Å². The van der Waals surface area contributed by atoms with E-state index in [-0.39, 0.29) is 6.04 Å². The Labute approximate surface area is 94.9 Å². The fourth-order valence-corrected chi connectivity index (χ4v) is 2.02. The molecule has 3 atom stereocenters. The summed E-state index contributed by atoms with van der Waals surface area (Å²) >= 11 is 0. The number of hydrogen-bond donors (Lipinski definition) is 1. The van der Waals surface area contributed by atoms with Crippen molar-refractivity contribution < 1.29 is 8.78 Å². The zero-order valence-corrected chi connectivity index (χ0v) is 9.63. The summed E-state index contributed by atoms with van der Waals surface area (Å²) in [5.41, 5.74) is 0.572. The molecule has 0 heterocycles. The fraction of sp³-hybridized carbons (Fsp3) is 0.538. The van der Waals surface area contributed by atoms with E-state index in [0.717, 1.165) is 18.9 Å². The van der Waals surface area contributed by atoms with Crippen LogP contribution in [0.5, 0.6) is 0 Å². The molecular formula is C13H17F2N. The van der Waals surface area contributed by atoms with Gasteiger partial charge in [-0.05, 0) is 24.8 Å². The number of benzene rings is 1. The van der Waals surface area contributed by atoms with Crippen molar-refractivity contribution in [1.82, 2.24) is 5.32 Å². The quantitative estimate of drug-likeness (QED) is 0.828. The molecule has 1 aliphatic carbocycles. The summed E-state index contributed by atoms with van der Waals surface area (Å²) < 4.78 is 26.4. The lowest BCUT2D eigenvalue weighted by atomic mass is 10.0. The monoisotopic (exact) mass is 225 g/mol. The maximum Gasteiger partial charge on any atom is 0.130 e. The van der Waals surface area contributed by atoms with E-state index in [1.807, 2.05) is 6.92 Å². The van der Waals surface area contributed by atoms with Crippen molar-refractivity contribution in [2.24, 2.45) is 5.92 Å². The third-order valence-corrected chi connectivity index (χ3v) is 3.27. The zero-order valence-electron chi connectivity index (χ0n) is 9.63. The molecular weight excluding hydrogens is 208 g/mol. The first-order valence-electron chi connectivity index (χ1n) is 5.82. The SMILES string of the molecule is CCC(NC1CC1C)c1ccc(F)cc1F. The highest BCUT2D eigenvalue weighted by Gasteiger charge is 2.34. The third-order valence-electron chi connectivity index (χ3n) is 3.27. The van der Waals surface area contributed by atoms with Gasteiger partial charge in [0.05, 0.1) is 0 Å². The summed E-state index contributed by atoms with van der Waals surface area (Å²) in [7, 11) is 0. The molecule has 16 heavy (non-hydrogen) atoms. The second-order valence-corrected chi connectivity index (χ2v) is 4.61. The summed E-state index contributed by atoms with van der Waals surface area (Å²) in [4.78, 5) is 0. The van der Waals surface area contributed by atoms with Gasteiger partial charge in [0.1, 0.15) is 11.6 Å². The van der Waals surface area contributed by atoms with E-state index >= 15 is 0 Å². The molecule has 0 spiro atoms. The summed E-state index contributed by atoms with van der Waals surface area (Å²) in [6.45, 7) is 4.18. The minimum Gasteiger partial charge on any atom is -0.307 e. The Morgan fingerprint density at radius 2 is 2.12 bits per heavy atom. The molecule has 3 heteroatoms. The Kier molecular flexibility index (Phi) is 3.24. The Bertz CT molecular complexity index is 378. The highest BCUT2D eigenvalue weighted by Crippen LogP contribution is 2.33. The van der Waals surface area contributed by atoms with Gasteiger partial charge in [-0.3, -0.25) is 0 Å². The van der Waals surface area contributed by atoms with Crippen LogP contribution >= 0.6 is 0 Å². The number of rotatable bonds is 4. The Hall–Kier alpha value is -0.960. The second kappa shape index (κ2) is 4.50. The third kappa shape index (κ3) is 2.40. The second-order valence-electron chi connectivity index (χ2n) is 4.61. The fourth-order valence-electron chi connectivity index (χ4n) is 2.02. The maximum absolute atomic E-state index is 13.6. The van der Waals surface area contributed by atoms with E-state index in [1.165, 1.54) is 6.07 Å². The summed E-state index contributed by atoms with van der Waals surface area (Å²) in [6, 6.07) is 4.30. The van der Waals surface area contributed by atoms with Crippen LogP contribution in [0.3, 0.4) is 0 Å². The minimum atomic E-state index is -0.518. The van der Waals surface area contributed by atoms with Gasteiger partial charge in [-0.25, -0.2) is 8.78 Å². The van der Waals surface area contributed by atoms with E-state index in [0.29, 0.717) is 17.5 Å². The van der Waals surface area contributed by atoms with Gasteiger partial charge in [-0.2, -0.15) is 0 Å². The Morgan fingerprint density at radius 1 is 1.44 bits per heavy atom. The number of hydrogen-bond acceptors (Lipinski definition) is 1. The molecule has 88 valence electrons. The van der Waals surface area contributed by atoms with Crippen molar-refractivity contribution in [3.63, 3.8) is 0 Å². The molecule has 1 N–H and O–H groups in total. The van der Waals surface area contributed by atoms with E-state index in [1.54, 1.807) is 6.07 Å². The topological polar surface area (TPSA) is 12.0 Å². The molecule has 0 radical (unpaired) electrons. The van der Waals surface area contributed by atoms with E-state index < -0.39 is 11.6 Å². The molecule has 1 aromatic carbocycles. The smallest absolute Gasteiger partial charge is 0.130 e. The lowest BCUT2D eigenvalue weighted by Gasteiger charge is -2.18. The Balaban J connectivity index is 2.12. The maximum atomic E-state index is 13.6. The summed E-state index contributed by atoms with van der Waals surface area (Å²) in [5.74, 6) is -0.291. The first kappa shape index (κ1) is 11.5. The van der Waals surface area contributed by atoms with Gasteiger partial charge in [0.25, 0.3) is 0 Å². The number of halogens is 2. The molecule has 1 saturated carbocycles. The van der Waals surface area contributed by atoms with Gasteiger partial charge in [-0.15, -0.1) is 0 Å². The highest BCUT2D eigenvalue weighted by atomic mass is 19.1. The van der Waals surface area contributed by atoms with Crippen LogP contribution in [0.4, 0.5) is 8.78 Å². The largest absolute Gasteiger partial charge is 0.307 e. The van der Waals surface area contributed by atoms with Crippen molar-refractivity contribution >= 4 is 0 Å². The molecule has 2 rings (SSSR count). The predicted molar refractivity (Wildman–Crippen MR) is 60.1 cm³/mol. The van der Waals surface area contributed by atoms with Crippen LogP contribution in [0.25, 0.3) is 0 Å². The predicted octanol–water partition coefficient (Wildman–Crippen LogP) is 3.41. The highest BCUT2D eigenvalue weighted by molar-refractivity contribution is 5.22. The van der Waals surface area contributed by atoms with E-state index in [9.17, 15) is 8.78 Å². The lowest BCUT2D eigenvalue weighted by molar-refractivity contribution is 0.472. The molecule has 1 nitrogen and oxygen atoms in total.